The van der Waals surface area contributed by atoms with E-state index >= 15 is 8.78 Å². The van der Waals surface area contributed by atoms with Crippen LogP contribution < -0.4 is 14.8 Å². The van der Waals surface area contributed by atoms with E-state index in [2.05, 4.69) is 21.2 Å². The number of terminal acetylenes is 1. The minimum atomic E-state index is -3.06. The quantitative estimate of drug-likeness (QED) is 0.438. The number of hydrogen-bond acceptors (Lipinski definition) is 7. The van der Waals surface area contributed by atoms with E-state index in [-0.39, 0.29) is 35.2 Å². The number of methoxy groups -OCH3 is 1. The van der Waals surface area contributed by atoms with Crippen molar-refractivity contribution in [3.63, 3.8) is 0 Å². The van der Waals surface area contributed by atoms with E-state index < -0.39 is 24.4 Å². The number of allylic oxidation sites excluding steroid dienone is 3. The molecular formula is C29H37F3N4O3. The van der Waals surface area contributed by atoms with Gasteiger partial charge < -0.3 is 19.5 Å². The van der Waals surface area contributed by atoms with Gasteiger partial charge in [-0.1, -0.05) is 39.7 Å². The molecule has 1 aromatic carbocycles. The maximum atomic E-state index is 15.0. The number of rotatable bonds is 6. The van der Waals surface area contributed by atoms with E-state index in [1.165, 1.54) is 13.4 Å². The van der Waals surface area contributed by atoms with Crippen LogP contribution in [0.5, 0.6) is 11.5 Å². The standard InChI is InChI=1S/C25H25F3N4O3.2C2H6/c1-3-15-5-4-6-18(23(15)26)31-24-17-9-21(20(33-2)10-19(17)29-14-30-24)35-22-7-8-32(13-25(22,27)28)16-11-34-12-16;2*1-2/h1,6,9-10,14,16,22H,4-5,7-8,11-13H2,2H3,(H,29,30,31);2*1-2H3. The van der Waals surface area contributed by atoms with Gasteiger partial charge in [-0.3, -0.25) is 4.90 Å². The molecule has 0 radical (unpaired) electrons. The van der Waals surface area contributed by atoms with E-state index in [4.69, 9.17) is 20.6 Å². The highest BCUT2D eigenvalue weighted by atomic mass is 19.3. The Kier molecular flexibility index (Phi) is 10.6. The van der Waals surface area contributed by atoms with Gasteiger partial charge in [-0.25, -0.2) is 23.1 Å². The molecule has 1 unspecified atom stereocenters. The Morgan fingerprint density at radius 1 is 1.15 bits per heavy atom. The molecule has 5 rings (SSSR count). The summed E-state index contributed by atoms with van der Waals surface area (Å²) in [5, 5.41) is 3.44. The van der Waals surface area contributed by atoms with Gasteiger partial charge in [-0.05, 0) is 18.9 Å². The smallest absolute Gasteiger partial charge is 0.296 e. The van der Waals surface area contributed by atoms with Crippen LogP contribution in [0.1, 0.15) is 47.0 Å². The van der Waals surface area contributed by atoms with Gasteiger partial charge in [0.2, 0.25) is 0 Å². The number of aromatic nitrogens is 2. The number of benzene rings is 1. The summed E-state index contributed by atoms with van der Waals surface area (Å²) >= 11 is 0. The number of halogens is 3. The highest BCUT2D eigenvalue weighted by Gasteiger charge is 2.49. The third kappa shape index (κ3) is 6.65. The number of anilines is 1. The molecule has 39 heavy (non-hydrogen) atoms. The zero-order valence-corrected chi connectivity index (χ0v) is 23.2. The fourth-order valence-corrected chi connectivity index (χ4v) is 4.50. The molecule has 0 amide bonds. The third-order valence-corrected chi connectivity index (χ3v) is 6.56. The van der Waals surface area contributed by atoms with E-state index in [9.17, 15) is 4.39 Å². The Morgan fingerprint density at radius 3 is 2.51 bits per heavy atom. The molecule has 2 saturated heterocycles. The van der Waals surface area contributed by atoms with E-state index in [0.717, 1.165) is 0 Å². The van der Waals surface area contributed by atoms with Gasteiger partial charge in [-0.15, -0.1) is 6.42 Å². The second-order valence-electron chi connectivity index (χ2n) is 8.78. The maximum absolute atomic E-state index is 15.0. The molecule has 1 aromatic heterocycles. The molecule has 1 atom stereocenters. The monoisotopic (exact) mass is 546 g/mol. The summed E-state index contributed by atoms with van der Waals surface area (Å²) in [6, 6.07) is 3.16. The number of piperidine rings is 1. The molecule has 1 N–H and O–H groups in total. The van der Waals surface area contributed by atoms with Crippen LogP contribution in [0, 0.1) is 12.3 Å². The first-order chi connectivity index (χ1) is 18.9. The fraction of sp³-hybridized carbons (Fsp3) is 0.517. The van der Waals surface area contributed by atoms with E-state index in [0.29, 0.717) is 49.3 Å². The van der Waals surface area contributed by atoms with Crippen molar-refractivity contribution in [2.45, 2.75) is 65.0 Å². The molecule has 0 bridgehead atoms. The van der Waals surface area contributed by atoms with Crippen LogP contribution >= 0.6 is 0 Å². The molecule has 3 aliphatic rings. The Labute approximate surface area is 228 Å². The van der Waals surface area contributed by atoms with Gasteiger partial charge >= 0.3 is 0 Å². The summed E-state index contributed by atoms with van der Waals surface area (Å²) in [6.45, 7) is 9.04. The van der Waals surface area contributed by atoms with Crippen molar-refractivity contribution in [1.82, 2.24) is 14.9 Å². The lowest BCUT2D eigenvalue weighted by Gasteiger charge is -2.44. The molecule has 0 saturated carbocycles. The molecule has 10 heteroatoms. The zero-order valence-electron chi connectivity index (χ0n) is 23.2. The Hall–Kier alpha value is -3.29. The molecule has 2 fully saturated rings. The van der Waals surface area contributed by atoms with Crippen molar-refractivity contribution >= 4 is 16.7 Å². The van der Waals surface area contributed by atoms with Crippen molar-refractivity contribution in [2.24, 2.45) is 0 Å². The number of likely N-dealkylation sites (tertiary alicyclic amines) is 1. The van der Waals surface area contributed by atoms with E-state index in [1.807, 2.05) is 27.7 Å². The average Bonchev–Trinajstić information content (AvgIpc) is 2.92. The normalized spacial score (nSPS) is 20.8. The maximum Gasteiger partial charge on any atom is 0.296 e. The predicted octanol–water partition coefficient (Wildman–Crippen LogP) is 6.12. The van der Waals surface area contributed by atoms with Gasteiger partial charge in [-0.2, -0.15) is 0 Å². The second kappa shape index (κ2) is 13.7. The summed E-state index contributed by atoms with van der Waals surface area (Å²) in [4.78, 5) is 10.2. The number of nitrogens with one attached hydrogen (secondary N) is 1. The number of fused-ring (bicyclic) bond motifs is 1. The molecule has 7 nitrogen and oxygen atoms in total. The Balaban J connectivity index is 0.00000100. The first kappa shape index (κ1) is 30.3. The molecule has 212 valence electrons. The van der Waals surface area contributed by atoms with Gasteiger partial charge in [0, 0.05) is 30.0 Å². The average molecular weight is 547 g/mol. The van der Waals surface area contributed by atoms with Gasteiger partial charge in [0.15, 0.2) is 23.4 Å². The minimum absolute atomic E-state index is 0.0290. The van der Waals surface area contributed by atoms with Crippen LogP contribution in [0.4, 0.5) is 19.0 Å². The van der Waals surface area contributed by atoms with Crippen LogP contribution in [0.15, 0.2) is 41.6 Å². The molecular weight excluding hydrogens is 509 g/mol. The lowest BCUT2D eigenvalue weighted by Crippen LogP contribution is -2.60. The summed E-state index contributed by atoms with van der Waals surface area (Å²) in [5.41, 5.74) is 0.971. The Bertz CT molecular complexity index is 1240. The van der Waals surface area contributed by atoms with Crippen LogP contribution in [-0.2, 0) is 4.74 Å². The summed E-state index contributed by atoms with van der Waals surface area (Å²) in [6.07, 6.45) is 8.30. The van der Waals surface area contributed by atoms with Gasteiger partial charge in [0.25, 0.3) is 5.92 Å². The number of nitrogens with zero attached hydrogens (tertiary/aromatic N) is 3. The molecule has 3 heterocycles. The summed E-state index contributed by atoms with van der Waals surface area (Å²) in [7, 11) is 1.43. The fourth-order valence-electron chi connectivity index (χ4n) is 4.50. The molecule has 0 spiro atoms. The number of hydrogen-bond donors (Lipinski definition) is 1. The SMILES string of the molecule is C#CC1=C(F)C(Nc2ncnc3cc(OC)c(OC4CCN(C5COC5)CC4(F)F)cc23)=CCC1.CC.CC. The topological polar surface area (TPSA) is 68.7 Å². The molecule has 2 aromatic rings. The largest absolute Gasteiger partial charge is 0.493 e. The third-order valence-electron chi connectivity index (χ3n) is 6.56. The summed E-state index contributed by atoms with van der Waals surface area (Å²) in [5.74, 6) is -0.493. The van der Waals surface area contributed by atoms with Gasteiger partial charge in [0.1, 0.15) is 12.1 Å². The zero-order chi connectivity index (χ0) is 28.6. The van der Waals surface area contributed by atoms with Crippen molar-refractivity contribution < 1.29 is 27.4 Å². The first-order valence-corrected chi connectivity index (χ1v) is 13.4. The molecule has 2 aliphatic heterocycles. The van der Waals surface area contributed by atoms with Crippen LogP contribution in [0.25, 0.3) is 10.9 Å². The van der Waals surface area contributed by atoms with Crippen LogP contribution in [0.3, 0.4) is 0 Å². The summed E-state index contributed by atoms with van der Waals surface area (Å²) < 4.78 is 61.2. The molecule has 1 aliphatic carbocycles. The lowest BCUT2D eigenvalue weighted by molar-refractivity contribution is -0.170. The van der Waals surface area contributed by atoms with Crippen LogP contribution in [-0.4, -0.2) is 66.3 Å². The Morgan fingerprint density at radius 2 is 1.90 bits per heavy atom. The predicted molar refractivity (Wildman–Crippen MR) is 147 cm³/mol. The van der Waals surface area contributed by atoms with Crippen molar-refractivity contribution in [1.29, 1.82) is 0 Å². The highest BCUT2D eigenvalue weighted by molar-refractivity contribution is 5.92. The van der Waals surface area contributed by atoms with Crippen molar-refractivity contribution in [3.8, 4) is 23.8 Å². The number of ether oxygens (including phenoxy) is 3. The van der Waals surface area contributed by atoms with Crippen molar-refractivity contribution in [2.75, 3.05) is 38.7 Å². The minimum Gasteiger partial charge on any atom is -0.493 e. The second-order valence-corrected chi connectivity index (χ2v) is 8.78. The van der Waals surface area contributed by atoms with Crippen LogP contribution in [0.2, 0.25) is 0 Å². The van der Waals surface area contributed by atoms with E-state index in [1.54, 1.807) is 23.1 Å². The van der Waals surface area contributed by atoms with Crippen molar-refractivity contribution in [3.05, 3.63) is 41.6 Å². The first-order valence-electron chi connectivity index (χ1n) is 13.4. The number of alkyl halides is 2. The van der Waals surface area contributed by atoms with Gasteiger partial charge in [0.05, 0.1) is 44.1 Å². The highest BCUT2D eigenvalue weighted by Crippen LogP contribution is 2.39. The lowest BCUT2D eigenvalue weighted by atomic mass is 10.0.